The van der Waals surface area contributed by atoms with E-state index >= 15 is 0 Å². The molecule has 0 aliphatic carbocycles. The van der Waals surface area contributed by atoms with Crippen molar-refractivity contribution in [2.45, 2.75) is 0 Å². The van der Waals surface area contributed by atoms with Crippen molar-refractivity contribution in [3.63, 3.8) is 0 Å². The second kappa shape index (κ2) is 35.5. The molecule has 0 aromatic rings. The van der Waals surface area contributed by atoms with Crippen LogP contribution in [0.3, 0.4) is 0 Å². The third kappa shape index (κ3) is 23.0. The van der Waals surface area contributed by atoms with Crippen LogP contribution in [0.5, 0.6) is 0 Å². The smallest absolute Gasteiger partial charge is 0 e. The van der Waals surface area contributed by atoms with Gasteiger partial charge in [-0.1, -0.05) is 0 Å². The van der Waals surface area contributed by atoms with Crippen molar-refractivity contribution in [2.24, 2.45) is 0 Å². The maximum absolute atomic E-state index is 0. The quantitative estimate of drug-likeness (QED) is 0.585. The van der Waals surface area contributed by atoms with Crippen LogP contribution >= 0.6 is 67.9 Å². The van der Waals surface area contributed by atoms with Gasteiger partial charge in [0.05, 0.1) is 0 Å². The number of halogens is 4. The largest absolute Gasteiger partial charge is 0.114 e. The Kier molecular flexibility index (Phi) is 418. The standard InChI is InChI=1S/4BrH.Si/h4*1H;. The van der Waals surface area contributed by atoms with E-state index in [1.54, 1.807) is 0 Å². The van der Waals surface area contributed by atoms with Crippen molar-refractivity contribution in [1.29, 1.82) is 0 Å². The molecule has 0 bridgehead atoms. The van der Waals surface area contributed by atoms with Crippen molar-refractivity contribution in [3.05, 3.63) is 0 Å². The Labute approximate surface area is 78.2 Å². The molecule has 0 aliphatic rings. The Hall–Kier alpha value is 2.14. The highest BCUT2D eigenvalue weighted by Gasteiger charge is 0.0000362. The lowest BCUT2D eigenvalue weighted by Gasteiger charge is -0.115. The van der Waals surface area contributed by atoms with Gasteiger partial charge in [0.2, 0.25) is 0 Å². The summed E-state index contributed by atoms with van der Waals surface area (Å²) in [5, 5.41) is 0. The molecule has 0 heterocycles. The van der Waals surface area contributed by atoms with Crippen molar-refractivity contribution in [2.75, 3.05) is 0 Å². The molecular formula is H4Br4Si. The molecule has 0 rings (SSSR count). The SMILES string of the molecule is Br.Br.Br.Br.[Si]. The van der Waals surface area contributed by atoms with Crippen LogP contribution in [0.4, 0.5) is 0 Å². The van der Waals surface area contributed by atoms with E-state index in [-0.39, 0.29) is 78.9 Å². The second-order valence-electron chi connectivity index (χ2n) is 0. The van der Waals surface area contributed by atoms with Gasteiger partial charge in [0, 0.05) is 11.0 Å². The van der Waals surface area contributed by atoms with Gasteiger partial charge in [0.15, 0.2) is 0 Å². The van der Waals surface area contributed by atoms with Crippen LogP contribution in [0.1, 0.15) is 0 Å². The fourth-order valence-corrected chi connectivity index (χ4v) is 0. The topological polar surface area (TPSA) is 0 Å². The molecule has 0 unspecified atom stereocenters. The van der Waals surface area contributed by atoms with Crippen molar-refractivity contribution < 1.29 is 0 Å². The Morgan fingerprint density at radius 3 is 0.400 bits per heavy atom. The van der Waals surface area contributed by atoms with Gasteiger partial charge < -0.3 is 0 Å². The van der Waals surface area contributed by atoms with E-state index in [9.17, 15) is 0 Å². The minimum Gasteiger partial charge on any atom is -0.114 e. The van der Waals surface area contributed by atoms with E-state index in [4.69, 9.17) is 0 Å². The minimum atomic E-state index is 0. The first-order chi connectivity index (χ1) is 0. The van der Waals surface area contributed by atoms with Crippen LogP contribution in [0.25, 0.3) is 0 Å². The van der Waals surface area contributed by atoms with Crippen LogP contribution in [0.2, 0.25) is 0 Å². The summed E-state index contributed by atoms with van der Waals surface area (Å²) >= 11 is 0. The Balaban J connectivity index is 0. The molecule has 0 saturated carbocycles. The van der Waals surface area contributed by atoms with Crippen molar-refractivity contribution in [3.8, 4) is 0 Å². The fraction of sp³-hybridized carbons (Fsp3) is 0. The highest BCUT2D eigenvalue weighted by Crippen LogP contribution is 0.849. The monoisotopic (exact) mass is 348 g/mol. The summed E-state index contributed by atoms with van der Waals surface area (Å²) < 4.78 is 0. The molecule has 0 N–H and O–H groups in total. The van der Waals surface area contributed by atoms with E-state index in [2.05, 4.69) is 0 Å². The summed E-state index contributed by atoms with van der Waals surface area (Å²) in [4.78, 5) is 0. The van der Waals surface area contributed by atoms with Crippen molar-refractivity contribution in [1.82, 2.24) is 0 Å². The molecule has 0 atom stereocenters. The zero-order valence-electron chi connectivity index (χ0n) is 2.13. The van der Waals surface area contributed by atoms with Crippen LogP contribution < -0.4 is 0 Å². The average molecular weight is 352 g/mol. The van der Waals surface area contributed by atoms with E-state index in [0.717, 1.165) is 0 Å². The molecule has 0 aliphatic heterocycles. The summed E-state index contributed by atoms with van der Waals surface area (Å²) in [7, 11) is 0. The maximum atomic E-state index is 0. The molecule has 0 aromatic heterocycles. The van der Waals surface area contributed by atoms with E-state index in [1.807, 2.05) is 0 Å². The van der Waals surface area contributed by atoms with Gasteiger partial charge in [-0.15, -0.1) is 67.9 Å². The first-order valence-electron chi connectivity index (χ1n) is 0. The minimum absolute atomic E-state index is 0. The molecule has 0 fully saturated rings. The molecule has 4 radical (unpaired) electrons. The Bertz CT molecular complexity index is 3.61. The average Bonchev–Trinajstić information content (AvgIpc) is 0. The first-order valence-corrected chi connectivity index (χ1v) is 0. The lowest BCUT2D eigenvalue weighted by molar-refractivity contribution is 5.75. The van der Waals surface area contributed by atoms with Gasteiger partial charge in [-0.2, -0.15) is 0 Å². The van der Waals surface area contributed by atoms with Gasteiger partial charge in [0.25, 0.3) is 0 Å². The van der Waals surface area contributed by atoms with Crippen LogP contribution in [-0.2, 0) is 0 Å². The predicted octanol–water partition coefficient (Wildman–Crippen LogP) is 1.93. The van der Waals surface area contributed by atoms with Crippen LogP contribution in [-0.4, -0.2) is 11.0 Å². The van der Waals surface area contributed by atoms with Gasteiger partial charge in [0.1, 0.15) is 0 Å². The lowest BCUT2D eigenvalue weighted by atomic mass is 28.1. The van der Waals surface area contributed by atoms with Crippen LogP contribution in [0.15, 0.2) is 0 Å². The fourth-order valence-electron chi connectivity index (χ4n) is 0. The summed E-state index contributed by atoms with van der Waals surface area (Å²) in [6, 6.07) is 0. The predicted molar refractivity (Wildman–Crippen MR) is 47.0 cm³/mol. The molecule has 0 spiro atoms. The molecule has 0 nitrogen and oxygen atoms in total. The van der Waals surface area contributed by atoms with Crippen molar-refractivity contribution >= 4 is 78.9 Å². The highest BCUT2D eigenvalue weighted by atomic mass is 79.9. The molecule has 0 saturated heterocycles. The zero-order valence-corrected chi connectivity index (χ0v) is 9.99. The summed E-state index contributed by atoms with van der Waals surface area (Å²) in [6.07, 6.45) is 0. The molecule has 0 amide bonds. The van der Waals surface area contributed by atoms with E-state index < -0.39 is 0 Å². The summed E-state index contributed by atoms with van der Waals surface area (Å²) in [5.74, 6) is 0. The Morgan fingerprint density at radius 2 is 0.400 bits per heavy atom. The van der Waals surface area contributed by atoms with Crippen LogP contribution in [0, 0.1) is 0 Å². The lowest BCUT2D eigenvalue weighted by Crippen LogP contribution is -0.381. The van der Waals surface area contributed by atoms with Gasteiger partial charge >= 0.3 is 0 Å². The summed E-state index contributed by atoms with van der Waals surface area (Å²) in [5.41, 5.74) is 0. The van der Waals surface area contributed by atoms with E-state index in [0.29, 0.717) is 0 Å². The molecule has 36 valence electrons. The third-order valence-electron chi connectivity index (χ3n) is 0. The molecular weight excluding hydrogens is 348 g/mol. The van der Waals surface area contributed by atoms with Gasteiger partial charge in [-0.05, 0) is 0 Å². The third-order valence-corrected chi connectivity index (χ3v) is 0. The molecule has 5 heteroatoms. The zero-order chi connectivity index (χ0) is 0. The van der Waals surface area contributed by atoms with E-state index in [1.165, 1.54) is 0 Å². The number of rotatable bonds is 0. The molecule has 0 aromatic carbocycles. The summed E-state index contributed by atoms with van der Waals surface area (Å²) in [6.45, 7) is 0. The van der Waals surface area contributed by atoms with Gasteiger partial charge in [-0.3, -0.25) is 0 Å². The normalized spacial score (nSPS) is 0. The maximum Gasteiger partial charge on any atom is 0 e. The number of hydrogen-bond donors (Lipinski definition) is 0. The second-order valence-corrected chi connectivity index (χ2v) is 0. The van der Waals surface area contributed by atoms with Gasteiger partial charge in [-0.25, -0.2) is 0 Å². The number of hydrogen-bond acceptors (Lipinski definition) is 0. The highest BCUT2D eigenvalue weighted by molar-refractivity contribution is 8.93. The molecule has 5 heavy (non-hydrogen) atoms. The Morgan fingerprint density at radius 1 is 0.400 bits per heavy atom. The first kappa shape index (κ1) is 58.9.